The lowest BCUT2D eigenvalue weighted by Crippen LogP contribution is -2.13. The average Bonchev–Trinajstić information content (AvgIpc) is 1.84. The van der Waals surface area contributed by atoms with E-state index in [4.69, 9.17) is 5.73 Å². The molecule has 0 saturated carbocycles. The van der Waals surface area contributed by atoms with Crippen molar-refractivity contribution in [3.05, 3.63) is 11.6 Å². The lowest BCUT2D eigenvalue weighted by atomic mass is 10.2. The predicted molar refractivity (Wildman–Crippen MR) is 33.5 cm³/mol. The molecule has 0 radical (unpaired) electrons. The van der Waals surface area contributed by atoms with Crippen LogP contribution >= 0.6 is 0 Å². The monoisotopic (exact) mass is 113 g/mol. The smallest absolute Gasteiger partial charge is 0.171 e. The highest BCUT2D eigenvalue weighted by atomic mass is 16.1. The quantitative estimate of drug-likeness (QED) is 0.529. The van der Waals surface area contributed by atoms with Crippen molar-refractivity contribution in [3.63, 3.8) is 0 Å². The molecule has 2 N–H and O–H groups in total. The predicted octanol–water partition coefficient (Wildman–Crippen LogP) is 0.480. The van der Waals surface area contributed by atoms with Gasteiger partial charge in [-0.3, -0.25) is 4.79 Å². The molecule has 0 aliphatic carbocycles. The molecule has 0 aromatic carbocycles. The Morgan fingerprint density at radius 1 is 1.75 bits per heavy atom. The van der Waals surface area contributed by atoms with Gasteiger partial charge in [0.2, 0.25) is 0 Å². The van der Waals surface area contributed by atoms with Crippen molar-refractivity contribution < 1.29 is 4.79 Å². The number of carbonyl (C=O) groups is 1. The Bertz CT molecular complexity index is 116. The molecule has 0 aliphatic rings. The van der Waals surface area contributed by atoms with Crippen molar-refractivity contribution in [2.45, 2.75) is 13.8 Å². The van der Waals surface area contributed by atoms with Gasteiger partial charge in [-0.1, -0.05) is 6.08 Å². The number of allylic oxidation sites excluding steroid dienone is 1. The fourth-order valence-corrected chi connectivity index (χ4v) is 0.322. The van der Waals surface area contributed by atoms with Crippen LogP contribution in [0.1, 0.15) is 13.8 Å². The molecule has 0 saturated heterocycles. The van der Waals surface area contributed by atoms with E-state index in [9.17, 15) is 4.79 Å². The van der Waals surface area contributed by atoms with Crippen LogP contribution in [0.5, 0.6) is 0 Å². The van der Waals surface area contributed by atoms with Crippen LogP contribution in [0.25, 0.3) is 0 Å². The van der Waals surface area contributed by atoms with Crippen LogP contribution in [0.4, 0.5) is 0 Å². The zero-order valence-electron chi connectivity index (χ0n) is 5.27. The number of ketones is 1. The summed E-state index contributed by atoms with van der Waals surface area (Å²) >= 11 is 0. The van der Waals surface area contributed by atoms with Gasteiger partial charge < -0.3 is 5.73 Å². The molecule has 0 unspecified atom stereocenters. The van der Waals surface area contributed by atoms with Gasteiger partial charge in [-0.15, -0.1) is 0 Å². The van der Waals surface area contributed by atoms with E-state index in [1.807, 2.05) is 6.92 Å². The van der Waals surface area contributed by atoms with E-state index in [1.165, 1.54) is 0 Å². The summed E-state index contributed by atoms with van der Waals surface area (Å²) in [5.74, 6) is 0.0208. The van der Waals surface area contributed by atoms with Crippen LogP contribution in [0, 0.1) is 0 Å². The summed E-state index contributed by atoms with van der Waals surface area (Å²) in [7, 11) is 0. The third-order valence-electron chi connectivity index (χ3n) is 1.06. The van der Waals surface area contributed by atoms with Crippen molar-refractivity contribution in [1.82, 2.24) is 0 Å². The fraction of sp³-hybridized carbons (Fsp3) is 0.500. The summed E-state index contributed by atoms with van der Waals surface area (Å²) in [5, 5.41) is 0. The van der Waals surface area contributed by atoms with E-state index in [0.29, 0.717) is 0 Å². The highest BCUT2D eigenvalue weighted by Crippen LogP contribution is 1.90. The molecule has 2 nitrogen and oxygen atoms in total. The maximum Gasteiger partial charge on any atom is 0.171 e. The number of rotatable bonds is 2. The second-order valence-corrected chi connectivity index (χ2v) is 1.60. The minimum absolute atomic E-state index is 0.0208. The Morgan fingerprint density at radius 3 is 2.38 bits per heavy atom. The molecule has 0 atom stereocenters. The Kier molecular flexibility index (Phi) is 3.12. The van der Waals surface area contributed by atoms with Gasteiger partial charge in [0.25, 0.3) is 0 Å². The van der Waals surface area contributed by atoms with Gasteiger partial charge in [0.1, 0.15) is 0 Å². The van der Waals surface area contributed by atoms with E-state index in [-0.39, 0.29) is 12.3 Å². The second kappa shape index (κ2) is 3.38. The summed E-state index contributed by atoms with van der Waals surface area (Å²) in [4.78, 5) is 10.5. The minimum Gasteiger partial charge on any atom is -0.324 e. The average molecular weight is 113 g/mol. The molecule has 0 aromatic rings. The highest BCUT2D eigenvalue weighted by Gasteiger charge is 1.96. The van der Waals surface area contributed by atoms with Crippen LogP contribution in [0.2, 0.25) is 0 Å². The molecular formula is C6H11NO. The molecular weight excluding hydrogens is 102 g/mol. The molecule has 8 heavy (non-hydrogen) atoms. The zero-order valence-corrected chi connectivity index (χ0v) is 5.27. The topological polar surface area (TPSA) is 43.1 Å². The Labute approximate surface area is 49.4 Å². The summed E-state index contributed by atoms with van der Waals surface area (Å²) < 4.78 is 0. The Hall–Kier alpha value is -0.630. The number of carbonyl (C=O) groups excluding carboxylic acids is 1. The molecule has 0 aliphatic heterocycles. The summed E-state index contributed by atoms with van der Waals surface area (Å²) in [6.45, 7) is 3.70. The van der Waals surface area contributed by atoms with Crippen LogP contribution in [-0.4, -0.2) is 12.3 Å². The van der Waals surface area contributed by atoms with Crippen LogP contribution in [0.15, 0.2) is 11.6 Å². The molecule has 0 amide bonds. The third kappa shape index (κ3) is 1.89. The van der Waals surface area contributed by atoms with Crippen molar-refractivity contribution in [1.29, 1.82) is 0 Å². The van der Waals surface area contributed by atoms with Gasteiger partial charge in [0.05, 0.1) is 6.54 Å². The first-order valence-corrected chi connectivity index (χ1v) is 2.58. The van der Waals surface area contributed by atoms with Gasteiger partial charge in [-0.2, -0.15) is 0 Å². The van der Waals surface area contributed by atoms with Gasteiger partial charge in [-0.25, -0.2) is 0 Å². The van der Waals surface area contributed by atoms with Gasteiger partial charge >= 0.3 is 0 Å². The third-order valence-corrected chi connectivity index (χ3v) is 1.06. The number of hydrogen-bond acceptors (Lipinski definition) is 2. The van der Waals surface area contributed by atoms with Crippen molar-refractivity contribution in [3.8, 4) is 0 Å². The van der Waals surface area contributed by atoms with Crippen LogP contribution in [0.3, 0.4) is 0 Å². The van der Waals surface area contributed by atoms with Gasteiger partial charge in [0.15, 0.2) is 5.78 Å². The number of Topliss-reactive ketones (excluding diaryl/α,β-unsaturated/α-hetero) is 1. The Balaban J connectivity index is 3.83. The molecule has 0 spiro atoms. The van der Waals surface area contributed by atoms with E-state index < -0.39 is 0 Å². The van der Waals surface area contributed by atoms with Crippen molar-refractivity contribution >= 4 is 5.78 Å². The normalized spacial score (nSPS) is 11.6. The maximum atomic E-state index is 10.5. The van der Waals surface area contributed by atoms with E-state index >= 15 is 0 Å². The van der Waals surface area contributed by atoms with E-state index in [1.54, 1.807) is 13.0 Å². The molecule has 0 heterocycles. The number of nitrogens with two attached hydrogens (primary N) is 1. The first-order valence-electron chi connectivity index (χ1n) is 2.58. The Morgan fingerprint density at radius 2 is 2.25 bits per heavy atom. The lowest BCUT2D eigenvalue weighted by molar-refractivity contribution is -0.114. The molecule has 0 rings (SSSR count). The van der Waals surface area contributed by atoms with Crippen LogP contribution < -0.4 is 5.73 Å². The largest absolute Gasteiger partial charge is 0.324 e. The number of hydrogen-bond donors (Lipinski definition) is 1. The van der Waals surface area contributed by atoms with Gasteiger partial charge in [-0.05, 0) is 19.4 Å². The van der Waals surface area contributed by atoms with Crippen molar-refractivity contribution in [2.24, 2.45) is 5.73 Å². The minimum atomic E-state index is 0.0208. The highest BCUT2D eigenvalue weighted by molar-refractivity contribution is 5.96. The lowest BCUT2D eigenvalue weighted by Gasteiger charge is -1.91. The summed E-state index contributed by atoms with van der Waals surface area (Å²) in [6.07, 6.45) is 1.76. The SMILES string of the molecule is CC=C(C)C(=O)CN. The van der Waals surface area contributed by atoms with E-state index in [0.717, 1.165) is 5.57 Å². The summed E-state index contributed by atoms with van der Waals surface area (Å²) in [5.41, 5.74) is 5.80. The van der Waals surface area contributed by atoms with Crippen molar-refractivity contribution in [2.75, 3.05) is 6.54 Å². The molecule has 46 valence electrons. The first kappa shape index (κ1) is 7.37. The standard InChI is InChI=1S/C6H11NO/c1-3-5(2)6(8)4-7/h3H,4,7H2,1-2H3. The van der Waals surface area contributed by atoms with Gasteiger partial charge in [0, 0.05) is 0 Å². The van der Waals surface area contributed by atoms with E-state index in [2.05, 4.69) is 0 Å². The fourth-order valence-electron chi connectivity index (χ4n) is 0.322. The first-order chi connectivity index (χ1) is 3.72. The molecule has 0 aromatic heterocycles. The maximum absolute atomic E-state index is 10.5. The second-order valence-electron chi connectivity index (χ2n) is 1.60. The summed E-state index contributed by atoms with van der Waals surface area (Å²) in [6, 6.07) is 0. The molecule has 2 heteroatoms. The molecule has 0 fully saturated rings. The van der Waals surface area contributed by atoms with Crippen LogP contribution in [-0.2, 0) is 4.79 Å². The zero-order chi connectivity index (χ0) is 6.57. The molecule has 0 bridgehead atoms.